The number of hydrogen-bond donors (Lipinski definition) is 2. The number of morpholine rings is 1. The molecule has 2 N–H and O–H groups in total. The number of H-pyrrole nitrogens is 1. The van der Waals surface area contributed by atoms with Gasteiger partial charge in [0, 0.05) is 37.1 Å². The molecule has 7 nitrogen and oxygen atoms in total. The fraction of sp³-hybridized carbons (Fsp3) is 0.458. The molecule has 1 saturated heterocycles. The van der Waals surface area contributed by atoms with Crippen molar-refractivity contribution in [2.75, 3.05) is 26.2 Å². The van der Waals surface area contributed by atoms with Crippen molar-refractivity contribution < 1.29 is 9.53 Å². The number of benzene rings is 1. The Morgan fingerprint density at radius 2 is 2.03 bits per heavy atom. The molecule has 0 radical (unpaired) electrons. The average Bonchev–Trinajstić information content (AvgIpc) is 3.22. The molecule has 3 aromatic rings. The van der Waals surface area contributed by atoms with E-state index >= 15 is 0 Å². The number of nitrogens with one attached hydrogen (secondary N) is 2. The molecule has 1 aromatic carbocycles. The van der Waals surface area contributed by atoms with Crippen molar-refractivity contribution in [3.8, 4) is 11.1 Å². The van der Waals surface area contributed by atoms with Crippen molar-refractivity contribution in [3.05, 3.63) is 51.9 Å². The number of carbonyl (C=O) groups is 1. The lowest BCUT2D eigenvalue weighted by molar-refractivity contribution is -0.120. The molecule has 2 aromatic heterocycles. The van der Waals surface area contributed by atoms with Crippen LogP contribution in [0.5, 0.6) is 0 Å². The van der Waals surface area contributed by atoms with Crippen LogP contribution in [0.15, 0.2) is 40.5 Å². The van der Waals surface area contributed by atoms with Crippen LogP contribution in [0.3, 0.4) is 0 Å². The van der Waals surface area contributed by atoms with E-state index in [1.807, 2.05) is 42.6 Å². The monoisotopic (exact) mass is 486 g/mol. The van der Waals surface area contributed by atoms with Crippen LogP contribution in [0.25, 0.3) is 21.3 Å². The molecule has 3 heterocycles. The van der Waals surface area contributed by atoms with E-state index in [1.54, 1.807) is 0 Å². The Balaban J connectivity index is 1.30. The second-order valence-electron chi connectivity index (χ2n) is 8.47. The first-order valence-electron chi connectivity index (χ1n) is 11.2. The zero-order valence-corrected chi connectivity index (χ0v) is 20.8. The minimum absolute atomic E-state index is 0.000249. The highest BCUT2D eigenvalue weighted by Gasteiger charge is 2.22. The Kier molecular flexibility index (Phi) is 7.85. The van der Waals surface area contributed by atoms with Gasteiger partial charge in [-0.15, -0.1) is 23.1 Å². The van der Waals surface area contributed by atoms with Gasteiger partial charge in [0.15, 0.2) is 0 Å². The van der Waals surface area contributed by atoms with Crippen LogP contribution in [-0.4, -0.2) is 64.4 Å². The summed E-state index contributed by atoms with van der Waals surface area (Å²) in [5.41, 5.74) is 1.77. The van der Waals surface area contributed by atoms with Gasteiger partial charge in [-0.05, 0) is 26.3 Å². The van der Waals surface area contributed by atoms with E-state index in [-0.39, 0.29) is 28.9 Å². The number of amides is 1. The highest BCUT2D eigenvalue weighted by molar-refractivity contribution is 7.99. The standard InChI is InChI=1S/C24H30N4O3S2/c1-15-11-28(12-16(2)31-15)10-9-25-22(29)17(3)32-14-20-26-23(30)21-19(13-33-24(21)27-20)18-7-5-4-6-8-18/h4-8,13,15-17H,9-12,14H2,1-3H3,(H,25,29)(H,26,27,30)/t15-,16-,17+/m1/s1. The number of ether oxygens (including phenoxy) is 1. The van der Waals surface area contributed by atoms with E-state index in [1.165, 1.54) is 23.1 Å². The van der Waals surface area contributed by atoms with E-state index in [9.17, 15) is 9.59 Å². The maximum atomic E-state index is 12.8. The minimum atomic E-state index is -0.239. The Bertz CT molecular complexity index is 1140. The van der Waals surface area contributed by atoms with Gasteiger partial charge in [0.2, 0.25) is 5.91 Å². The van der Waals surface area contributed by atoms with Crippen molar-refractivity contribution in [1.29, 1.82) is 0 Å². The molecular weight excluding hydrogens is 456 g/mol. The van der Waals surface area contributed by atoms with Gasteiger partial charge in [0.1, 0.15) is 10.7 Å². The molecule has 1 aliphatic rings. The number of thioether (sulfide) groups is 1. The van der Waals surface area contributed by atoms with Gasteiger partial charge >= 0.3 is 0 Å². The summed E-state index contributed by atoms with van der Waals surface area (Å²) in [7, 11) is 0. The maximum absolute atomic E-state index is 12.8. The smallest absolute Gasteiger partial charge is 0.260 e. The van der Waals surface area contributed by atoms with E-state index in [0.29, 0.717) is 23.5 Å². The predicted molar refractivity (Wildman–Crippen MR) is 136 cm³/mol. The van der Waals surface area contributed by atoms with Crippen molar-refractivity contribution >= 4 is 39.2 Å². The lowest BCUT2D eigenvalue weighted by Crippen LogP contribution is -2.48. The van der Waals surface area contributed by atoms with Crippen molar-refractivity contribution in [1.82, 2.24) is 20.2 Å². The molecule has 1 aliphatic heterocycles. The van der Waals surface area contributed by atoms with Crippen LogP contribution < -0.4 is 10.9 Å². The third kappa shape index (κ3) is 6.03. The quantitative estimate of drug-likeness (QED) is 0.507. The van der Waals surface area contributed by atoms with Gasteiger partial charge in [-0.3, -0.25) is 14.5 Å². The summed E-state index contributed by atoms with van der Waals surface area (Å²) in [6, 6.07) is 9.85. The molecule has 0 bridgehead atoms. The van der Waals surface area contributed by atoms with Crippen molar-refractivity contribution in [2.24, 2.45) is 0 Å². The Morgan fingerprint density at radius 3 is 2.76 bits per heavy atom. The van der Waals surface area contributed by atoms with Gasteiger partial charge in [0.05, 0.1) is 28.6 Å². The molecule has 33 heavy (non-hydrogen) atoms. The zero-order chi connectivity index (χ0) is 23.4. The Labute approximate surface area is 201 Å². The highest BCUT2D eigenvalue weighted by Crippen LogP contribution is 2.30. The van der Waals surface area contributed by atoms with Crippen molar-refractivity contribution in [2.45, 2.75) is 44.0 Å². The van der Waals surface area contributed by atoms with E-state index in [2.05, 4.69) is 34.0 Å². The van der Waals surface area contributed by atoms with Gasteiger partial charge in [-0.2, -0.15) is 0 Å². The summed E-state index contributed by atoms with van der Waals surface area (Å²) in [6.45, 7) is 9.24. The second-order valence-corrected chi connectivity index (χ2v) is 10.7. The third-order valence-corrected chi connectivity index (χ3v) is 7.67. The minimum Gasteiger partial charge on any atom is -0.373 e. The number of fused-ring (bicyclic) bond motifs is 1. The maximum Gasteiger partial charge on any atom is 0.260 e. The normalized spacial score (nSPS) is 20.1. The lowest BCUT2D eigenvalue weighted by Gasteiger charge is -2.35. The zero-order valence-electron chi connectivity index (χ0n) is 19.2. The second kappa shape index (κ2) is 10.8. The SMILES string of the molecule is C[C@@H]1CN(CCNC(=O)[C@H](C)SCc2nc3scc(-c4ccccc4)c3c(=O)[nH]2)C[C@@H](C)O1. The highest BCUT2D eigenvalue weighted by atomic mass is 32.2. The Morgan fingerprint density at radius 1 is 1.30 bits per heavy atom. The van der Waals surface area contributed by atoms with Crippen LogP contribution >= 0.6 is 23.1 Å². The summed E-state index contributed by atoms with van der Waals surface area (Å²) >= 11 is 2.94. The molecule has 4 rings (SSSR count). The molecule has 176 valence electrons. The van der Waals surface area contributed by atoms with Crippen LogP contribution in [0.4, 0.5) is 0 Å². The Hall–Kier alpha value is -2.20. The summed E-state index contributed by atoms with van der Waals surface area (Å²) < 4.78 is 5.75. The molecule has 1 amide bonds. The molecular formula is C24H30N4O3S2. The van der Waals surface area contributed by atoms with Crippen LogP contribution in [0, 0.1) is 0 Å². The average molecular weight is 487 g/mol. The summed E-state index contributed by atoms with van der Waals surface area (Å²) in [5.74, 6) is 1.06. The van der Waals surface area contributed by atoms with E-state index < -0.39 is 0 Å². The molecule has 0 saturated carbocycles. The molecule has 1 fully saturated rings. The van der Waals surface area contributed by atoms with Crippen LogP contribution in [0.2, 0.25) is 0 Å². The third-order valence-electron chi connectivity index (χ3n) is 5.64. The molecule has 9 heteroatoms. The first-order chi connectivity index (χ1) is 15.9. The number of thiophene rings is 1. The lowest BCUT2D eigenvalue weighted by atomic mass is 10.1. The number of rotatable bonds is 8. The van der Waals surface area contributed by atoms with Crippen molar-refractivity contribution in [3.63, 3.8) is 0 Å². The fourth-order valence-electron chi connectivity index (χ4n) is 4.12. The summed E-state index contributed by atoms with van der Waals surface area (Å²) in [5, 5.41) is 5.39. The number of aromatic nitrogens is 2. The van der Waals surface area contributed by atoms with Crippen LogP contribution in [0.1, 0.15) is 26.6 Å². The van der Waals surface area contributed by atoms with Crippen LogP contribution in [-0.2, 0) is 15.3 Å². The van der Waals surface area contributed by atoms with E-state index in [0.717, 1.165) is 35.6 Å². The summed E-state index contributed by atoms with van der Waals surface area (Å²) in [4.78, 5) is 35.9. The first-order valence-corrected chi connectivity index (χ1v) is 13.2. The van der Waals surface area contributed by atoms with Gasteiger partial charge in [-0.1, -0.05) is 30.3 Å². The van der Waals surface area contributed by atoms with Gasteiger partial charge in [0.25, 0.3) is 5.56 Å². The number of hydrogen-bond acceptors (Lipinski definition) is 7. The van der Waals surface area contributed by atoms with Gasteiger partial charge in [-0.25, -0.2) is 4.98 Å². The first kappa shape index (κ1) is 23.9. The number of aromatic amines is 1. The predicted octanol–water partition coefficient (Wildman–Crippen LogP) is 3.50. The molecule has 0 aliphatic carbocycles. The molecule has 0 unspecified atom stereocenters. The summed E-state index contributed by atoms with van der Waals surface area (Å²) in [6.07, 6.45) is 0.441. The topological polar surface area (TPSA) is 87.3 Å². The molecule has 0 spiro atoms. The number of nitrogens with zero attached hydrogens (tertiary/aromatic N) is 2. The molecule has 3 atom stereocenters. The fourth-order valence-corrected chi connectivity index (χ4v) is 5.87. The van der Waals surface area contributed by atoms with E-state index in [4.69, 9.17) is 4.74 Å². The number of carbonyl (C=O) groups excluding carboxylic acids is 1. The van der Waals surface area contributed by atoms with Gasteiger partial charge < -0.3 is 15.0 Å². The largest absolute Gasteiger partial charge is 0.373 e.